The summed E-state index contributed by atoms with van der Waals surface area (Å²) < 4.78 is 18.9. The highest BCUT2D eigenvalue weighted by molar-refractivity contribution is 6.20. The first-order valence-corrected chi connectivity index (χ1v) is 9.04. The predicted molar refractivity (Wildman–Crippen MR) is 98.0 cm³/mol. The maximum absolute atomic E-state index is 13.2. The molecule has 0 atom stereocenters. The van der Waals surface area contributed by atoms with Crippen LogP contribution < -0.4 is 0 Å². The molecule has 26 heavy (non-hydrogen) atoms. The number of aliphatic hydroxyl groups excluding tert-OH is 1. The molecule has 0 amide bonds. The summed E-state index contributed by atoms with van der Waals surface area (Å²) in [4.78, 5) is 12.6. The summed E-state index contributed by atoms with van der Waals surface area (Å²) in [5, 5.41) is 10.9. The molecule has 1 aliphatic heterocycles. The van der Waals surface area contributed by atoms with E-state index in [4.69, 9.17) is 4.74 Å². The fourth-order valence-corrected chi connectivity index (χ4v) is 4.01. The van der Waals surface area contributed by atoms with E-state index in [1.165, 1.54) is 12.1 Å². The first-order chi connectivity index (χ1) is 12.5. The van der Waals surface area contributed by atoms with Crippen molar-refractivity contribution in [2.45, 2.75) is 44.6 Å². The summed E-state index contributed by atoms with van der Waals surface area (Å²) >= 11 is 0. The van der Waals surface area contributed by atoms with Gasteiger partial charge in [-0.05, 0) is 73.1 Å². The van der Waals surface area contributed by atoms with Crippen molar-refractivity contribution in [1.82, 2.24) is 0 Å². The summed E-state index contributed by atoms with van der Waals surface area (Å²) in [5.41, 5.74) is 2.71. The van der Waals surface area contributed by atoms with E-state index < -0.39 is 11.6 Å². The van der Waals surface area contributed by atoms with Gasteiger partial charge in [-0.2, -0.15) is 0 Å². The Morgan fingerprint density at radius 3 is 2.35 bits per heavy atom. The van der Waals surface area contributed by atoms with Crippen molar-refractivity contribution in [2.75, 3.05) is 0 Å². The van der Waals surface area contributed by atoms with E-state index in [1.807, 2.05) is 25.1 Å². The number of halogens is 1. The molecule has 1 aliphatic carbocycles. The molecule has 1 saturated carbocycles. The van der Waals surface area contributed by atoms with Gasteiger partial charge in [0, 0.05) is 0 Å². The van der Waals surface area contributed by atoms with Crippen LogP contribution in [0, 0.1) is 12.7 Å². The van der Waals surface area contributed by atoms with Crippen LogP contribution in [0.1, 0.15) is 43.2 Å². The minimum absolute atomic E-state index is 0.0709. The minimum atomic E-state index is -0.844. The molecule has 0 aromatic heterocycles. The molecule has 0 bridgehead atoms. The quantitative estimate of drug-likeness (QED) is 0.743. The molecule has 1 N–H and O–H groups in total. The third kappa shape index (κ3) is 2.70. The van der Waals surface area contributed by atoms with E-state index in [1.54, 1.807) is 12.1 Å². The van der Waals surface area contributed by atoms with Crippen LogP contribution in [-0.2, 0) is 9.53 Å². The lowest BCUT2D eigenvalue weighted by molar-refractivity contribution is -0.149. The number of benzene rings is 2. The topological polar surface area (TPSA) is 46.5 Å². The molecule has 134 valence electrons. The van der Waals surface area contributed by atoms with Crippen LogP contribution >= 0.6 is 0 Å². The third-order valence-corrected chi connectivity index (χ3v) is 5.51. The lowest BCUT2D eigenvalue weighted by Gasteiger charge is -2.31. The Morgan fingerprint density at radius 2 is 1.65 bits per heavy atom. The van der Waals surface area contributed by atoms with Crippen LogP contribution in [0.5, 0.6) is 0 Å². The Labute approximate surface area is 152 Å². The molecular weight excluding hydrogens is 331 g/mol. The molecular formula is C22H21FO3. The predicted octanol–water partition coefficient (Wildman–Crippen LogP) is 5.33. The van der Waals surface area contributed by atoms with Crippen molar-refractivity contribution in [1.29, 1.82) is 0 Å². The van der Waals surface area contributed by atoms with Gasteiger partial charge in [-0.1, -0.05) is 30.7 Å². The van der Waals surface area contributed by atoms with Gasteiger partial charge in [0.1, 0.15) is 11.4 Å². The number of esters is 1. The van der Waals surface area contributed by atoms with E-state index in [-0.39, 0.29) is 17.1 Å². The monoisotopic (exact) mass is 352 g/mol. The van der Waals surface area contributed by atoms with Gasteiger partial charge in [-0.25, -0.2) is 9.18 Å². The maximum atomic E-state index is 13.2. The van der Waals surface area contributed by atoms with Gasteiger partial charge < -0.3 is 9.84 Å². The number of hydrogen-bond acceptors (Lipinski definition) is 3. The third-order valence-electron chi connectivity index (χ3n) is 5.51. The average Bonchev–Trinajstić information content (AvgIpc) is 2.87. The molecule has 2 aromatic rings. The molecule has 0 unspecified atom stereocenters. The molecule has 0 radical (unpaired) electrons. The van der Waals surface area contributed by atoms with Gasteiger partial charge in [-0.15, -0.1) is 0 Å². The van der Waals surface area contributed by atoms with Gasteiger partial charge in [-0.3, -0.25) is 0 Å². The molecule has 2 aliphatic rings. The second kappa shape index (κ2) is 6.27. The highest BCUT2D eigenvalue weighted by Gasteiger charge is 2.49. The van der Waals surface area contributed by atoms with Crippen LogP contribution in [0.4, 0.5) is 4.39 Å². The first kappa shape index (κ1) is 16.8. The number of aliphatic hydroxyl groups is 1. The standard InChI is InChI=1S/C22H21FO3/c1-14-5-6-16(15-7-9-17(23)10-8-15)13-18(14)19-20(24)22(26-21(19)25)11-3-2-4-12-22/h5-10,13,24H,2-4,11-12H2,1H3. The Balaban J connectivity index is 1.80. The molecule has 1 fully saturated rings. The number of carbonyl (C=O) groups excluding carboxylic acids is 1. The van der Waals surface area contributed by atoms with Crippen LogP contribution in [0.2, 0.25) is 0 Å². The molecule has 2 aromatic carbocycles. The summed E-state index contributed by atoms with van der Waals surface area (Å²) in [6.45, 7) is 1.91. The van der Waals surface area contributed by atoms with Crippen molar-refractivity contribution < 1.29 is 19.0 Å². The van der Waals surface area contributed by atoms with Crippen LogP contribution in [0.25, 0.3) is 16.7 Å². The Hall–Kier alpha value is -2.62. The number of hydrogen-bond donors (Lipinski definition) is 1. The van der Waals surface area contributed by atoms with Crippen molar-refractivity contribution in [3.8, 4) is 11.1 Å². The van der Waals surface area contributed by atoms with Gasteiger partial charge in [0.15, 0.2) is 11.4 Å². The largest absolute Gasteiger partial charge is 0.507 e. The zero-order valence-corrected chi connectivity index (χ0v) is 14.7. The van der Waals surface area contributed by atoms with Crippen molar-refractivity contribution in [3.05, 3.63) is 65.2 Å². The highest BCUT2D eigenvalue weighted by atomic mass is 19.1. The van der Waals surface area contributed by atoms with Gasteiger partial charge in [0.05, 0.1) is 0 Å². The molecule has 1 heterocycles. The number of ether oxygens (including phenoxy) is 1. The lowest BCUT2D eigenvalue weighted by atomic mass is 9.82. The maximum Gasteiger partial charge on any atom is 0.343 e. The zero-order valence-electron chi connectivity index (χ0n) is 14.7. The Bertz CT molecular complexity index is 890. The van der Waals surface area contributed by atoms with Crippen LogP contribution in [0.3, 0.4) is 0 Å². The van der Waals surface area contributed by atoms with Crippen LogP contribution in [-0.4, -0.2) is 16.7 Å². The summed E-state index contributed by atoms with van der Waals surface area (Å²) in [6, 6.07) is 11.9. The van der Waals surface area contributed by atoms with E-state index in [0.717, 1.165) is 36.0 Å². The number of aryl methyl sites for hydroxylation is 1. The van der Waals surface area contributed by atoms with Gasteiger partial charge in [0.25, 0.3) is 0 Å². The van der Waals surface area contributed by atoms with Gasteiger partial charge >= 0.3 is 5.97 Å². The SMILES string of the molecule is Cc1ccc(-c2ccc(F)cc2)cc1C1=C(O)C2(CCCCC2)OC1=O. The normalized spacial score (nSPS) is 19.1. The molecule has 4 rings (SSSR count). The molecule has 1 spiro atoms. The summed E-state index contributed by atoms with van der Waals surface area (Å²) in [5.74, 6) is -0.676. The fraction of sp³-hybridized carbons (Fsp3) is 0.318. The smallest absolute Gasteiger partial charge is 0.343 e. The zero-order chi connectivity index (χ0) is 18.3. The van der Waals surface area contributed by atoms with E-state index >= 15 is 0 Å². The molecule has 0 saturated heterocycles. The summed E-state index contributed by atoms with van der Waals surface area (Å²) in [7, 11) is 0. The van der Waals surface area contributed by atoms with Crippen molar-refractivity contribution >= 4 is 11.5 Å². The molecule has 3 nitrogen and oxygen atoms in total. The second-order valence-electron chi connectivity index (χ2n) is 7.20. The molecule has 4 heteroatoms. The average molecular weight is 352 g/mol. The second-order valence-corrected chi connectivity index (χ2v) is 7.20. The number of rotatable bonds is 2. The van der Waals surface area contributed by atoms with Crippen LogP contribution in [0.15, 0.2) is 48.2 Å². The van der Waals surface area contributed by atoms with Crippen molar-refractivity contribution in [3.63, 3.8) is 0 Å². The van der Waals surface area contributed by atoms with Gasteiger partial charge in [0.2, 0.25) is 0 Å². The number of carbonyl (C=O) groups is 1. The van der Waals surface area contributed by atoms with Crippen molar-refractivity contribution in [2.24, 2.45) is 0 Å². The lowest BCUT2D eigenvalue weighted by Crippen LogP contribution is -2.34. The van der Waals surface area contributed by atoms with E-state index in [0.29, 0.717) is 18.4 Å². The Kier molecular flexibility index (Phi) is 4.06. The summed E-state index contributed by atoms with van der Waals surface area (Å²) in [6.07, 6.45) is 4.33. The van der Waals surface area contributed by atoms with E-state index in [2.05, 4.69) is 0 Å². The highest BCUT2D eigenvalue weighted by Crippen LogP contribution is 2.46. The fourth-order valence-electron chi connectivity index (χ4n) is 4.01. The first-order valence-electron chi connectivity index (χ1n) is 9.04. The van der Waals surface area contributed by atoms with E-state index in [9.17, 15) is 14.3 Å². The Morgan fingerprint density at radius 1 is 1.00 bits per heavy atom. The minimum Gasteiger partial charge on any atom is -0.507 e.